The highest BCUT2D eigenvalue weighted by Gasteiger charge is 2.35. The van der Waals surface area contributed by atoms with Crippen molar-refractivity contribution in [2.75, 3.05) is 25.9 Å². The molecular weight excluding hydrogens is 310 g/mol. The number of halogens is 1. The molecule has 5 nitrogen and oxygen atoms in total. The summed E-state index contributed by atoms with van der Waals surface area (Å²) in [7, 11) is -1.53. The van der Waals surface area contributed by atoms with Gasteiger partial charge in [0.15, 0.2) is 0 Å². The Balaban J connectivity index is 2.41. The Morgan fingerprint density at radius 2 is 1.76 bits per heavy atom. The van der Waals surface area contributed by atoms with Crippen LogP contribution in [0.2, 0.25) is 5.02 Å². The molecular formula is C14H22ClN3O2S. The van der Waals surface area contributed by atoms with Crippen molar-refractivity contribution in [3.8, 4) is 0 Å². The lowest BCUT2D eigenvalue weighted by Crippen LogP contribution is -2.56. The average molecular weight is 332 g/mol. The van der Waals surface area contributed by atoms with Crippen LogP contribution in [0, 0.1) is 6.92 Å². The molecule has 0 saturated carbocycles. The first-order chi connectivity index (χ1) is 9.64. The molecule has 1 heterocycles. The fourth-order valence-electron chi connectivity index (χ4n) is 2.64. The smallest absolute Gasteiger partial charge is 0.243 e. The molecule has 2 rings (SSSR count). The van der Waals surface area contributed by atoms with Crippen LogP contribution in [0.1, 0.15) is 19.4 Å². The topological polar surface area (TPSA) is 66.6 Å². The zero-order chi connectivity index (χ0) is 15.9. The number of sulfonamides is 1. The molecule has 1 aliphatic rings. The van der Waals surface area contributed by atoms with Gasteiger partial charge in [-0.05, 0) is 45.5 Å². The van der Waals surface area contributed by atoms with E-state index in [0.29, 0.717) is 23.7 Å². The van der Waals surface area contributed by atoms with Gasteiger partial charge in [0.1, 0.15) is 0 Å². The molecule has 1 fully saturated rings. The van der Waals surface area contributed by atoms with Gasteiger partial charge in [-0.3, -0.25) is 4.90 Å². The van der Waals surface area contributed by atoms with E-state index < -0.39 is 10.0 Å². The van der Waals surface area contributed by atoms with Gasteiger partial charge >= 0.3 is 0 Å². The van der Waals surface area contributed by atoms with Gasteiger partial charge in [0.05, 0.1) is 15.6 Å². The number of likely N-dealkylation sites (N-methyl/N-ethyl adjacent to an activating group) is 1. The van der Waals surface area contributed by atoms with E-state index in [1.807, 2.05) is 20.9 Å². The summed E-state index contributed by atoms with van der Waals surface area (Å²) in [5, 5.41) is 0.381. The molecule has 21 heavy (non-hydrogen) atoms. The number of nitrogen functional groups attached to an aromatic ring is 1. The minimum atomic E-state index is -3.55. The predicted molar refractivity (Wildman–Crippen MR) is 86.0 cm³/mol. The van der Waals surface area contributed by atoms with Gasteiger partial charge in [-0.1, -0.05) is 11.6 Å². The molecule has 2 N–H and O–H groups in total. The largest absolute Gasteiger partial charge is 0.397 e. The Bertz CT molecular complexity index is 636. The summed E-state index contributed by atoms with van der Waals surface area (Å²) in [5.41, 5.74) is 6.68. The molecule has 1 aliphatic heterocycles. The first-order valence-corrected chi connectivity index (χ1v) is 8.74. The molecule has 0 bridgehead atoms. The highest BCUT2D eigenvalue weighted by atomic mass is 35.5. The van der Waals surface area contributed by atoms with E-state index in [1.165, 1.54) is 10.4 Å². The molecule has 118 valence electrons. The maximum Gasteiger partial charge on any atom is 0.243 e. The van der Waals surface area contributed by atoms with E-state index in [0.717, 1.165) is 0 Å². The number of rotatable bonds is 2. The van der Waals surface area contributed by atoms with Gasteiger partial charge in [0.25, 0.3) is 0 Å². The van der Waals surface area contributed by atoms with Crippen LogP contribution in [-0.2, 0) is 10.0 Å². The van der Waals surface area contributed by atoms with Gasteiger partial charge in [0, 0.05) is 25.2 Å². The summed E-state index contributed by atoms with van der Waals surface area (Å²) >= 11 is 5.95. The molecule has 2 unspecified atom stereocenters. The normalized spacial score (nSPS) is 25.2. The van der Waals surface area contributed by atoms with Crippen LogP contribution >= 0.6 is 11.6 Å². The molecule has 0 amide bonds. The summed E-state index contributed by atoms with van der Waals surface area (Å²) < 4.78 is 27.3. The molecule has 0 aliphatic carbocycles. The summed E-state index contributed by atoms with van der Waals surface area (Å²) in [6.07, 6.45) is 0. The number of hydrogen-bond acceptors (Lipinski definition) is 4. The first-order valence-electron chi connectivity index (χ1n) is 6.92. The Morgan fingerprint density at radius 1 is 1.24 bits per heavy atom. The molecule has 1 aromatic carbocycles. The van der Waals surface area contributed by atoms with Crippen molar-refractivity contribution in [1.82, 2.24) is 9.21 Å². The third kappa shape index (κ3) is 3.04. The number of hydrogen-bond donors (Lipinski definition) is 1. The molecule has 0 radical (unpaired) electrons. The van der Waals surface area contributed by atoms with Crippen LogP contribution < -0.4 is 5.73 Å². The lowest BCUT2D eigenvalue weighted by molar-refractivity contribution is 0.105. The summed E-state index contributed by atoms with van der Waals surface area (Å²) in [6, 6.07) is 3.41. The third-order valence-electron chi connectivity index (χ3n) is 4.24. The van der Waals surface area contributed by atoms with Crippen LogP contribution in [0.25, 0.3) is 0 Å². The van der Waals surface area contributed by atoms with E-state index in [9.17, 15) is 8.42 Å². The lowest BCUT2D eigenvalue weighted by atomic mass is 10.1. The highest BCUT2D eigenvalue weighted by Crippen LogP contribution is 2.29. The van der Waals surface area contributed by atoms with Crippen molar-refractivity contribution in [3.63, 3.8) is 0 Å². The van der Waals surface area contributed by atoms with Crippen molar-refractivity contribution >= 4 is 27.3 Å². The number of aryl methyl sites for hydroxylation is 1. The number of nitrogens with two attached hydrogens (primary N) is 1. The first kappa shape index (κ1) is 16.5. The Hall–Kier alpha value is -0.820. The fraction of sp³-hybridized carbons (Fsp3) is 0.571. The molecule has 7 heteroatoms. The van der Waals surface area contributed by atoms with Gasteiger partial charge in [-0.15, -0.1) is 0 Å². The molecule has 2 atom stereocenters. The van der Waals surface area contributed by atoms with E-state index in [4.69, 9.17) is 17.3 Å². The maximum absolute atomic E-state index is 12.9. The Labute approximate surface area is 131 Å². The number of piperazine rings is 1. The molecule has 1 saturated heterocycles. The van der Waals surface area contributed by atoms with Crippen molar-refractivity contribution in [3.05, 3.63) is 22.7 Å². The molecule has 0 spiro atoms. The number of nitrogens with zero attached hydrogens (tertiary/aromatic N) is 2. The fourth-order valence-corrected chi connectivity index (χ4v) is 4.70. The van der Waals surface area contributed by atoms with Crippen LogP contribution in [0.3, 0.4) is 0 Å². The Kier molecular flexibility index (Phi) is 4.54. The van der Waals surface area contributed by atoms with E-state index in [2.05, 4.69) is 4.90 Å². The van der Waals surface area contributed by atoms with Crippen molar-refractivity contribution in [2.45, 2.75) is 37.8 Å². The van der Waals surface area contributed by atoms with Gasteiger partial charge in [0.2, 0.25) is 10.0 Å². The maximum atomic E-state index is 12.9. The monoisotopic (exact) mass is 331 g/mol. The van der Waals surface area contributed by atoms with Crippen LogP contribution in [-0.4, -0.2) is 49.8 Å². The number of benzene rings is 1. The van der Waals surface area contributed by atoms with E-state index >= 15 is 0 Å². The minimum Gasteiger partial charge on any atom is -0.397 e. The second-order valence-electron chi connectivity index (χ2n) is 5.82. The molecule has 0 aromatic heterocycles. The summed E-state index contributed by atoms with van der Waals surface area (Å²) in [4.78, 5) is 2.43. The zero-order valence-corrected chi connectivity index (χ0v) is 14.4. The highest BCUT2D eigenvalue weighted by molar-refractivity contribution is 7.89. The van der Waals surface area contributed by atoms with E-state index in [-0.39, 0.29) is 22.7 Å². The number of anilines is 1. The van der Waals surface area contributed by atoms with Crippen LogP contribution in [0.5, 0.6) is 0 Å². The second-order valence-corrected chi connectivity index (χ2v) is 8.14. The van der Waals surface area contributed by atoms with Crippen LogP contribution in [0.4, 0.5) is 5.69 Å². The second kappa shape index (κ2) is 5.76. The summed E-state index contributed by atoms with van der Waals surface area (Å²) in [5.74, 6) is 0. The lowest BCUT2D eigenvalue weighted by Gasteiger charge is -2.41. The van der Waals surface area contributed by atoms with Crippen molar-refractivity contribution < 1.29 is 8.42 Å². The van der Waals surface area contributed by atoms with Crippen LogP contribution in [0.15, 0.2) is 17.0 Å². The van der Waals surface area contributed by atoms with Crippen molar-refractivity contribution in [2.24, 2.45) is 0 Å². The SMILES string of the molecule is Cc1cc(Cl)c(N)cc1S(=O)(=O)N1CC(C)N(C)C(C)C1. The van der Waals surface area contributed by atoms with E-state index in [1.54, 1.807) is 13.0 Å². The third-order valence-corrected chi connectivity index (χ3v) is 6.54. The zero-order valence-electron chi connectivity index (χ0n) is 12.8. The van der Waals surface area contributed by atoms with Crippen molar-refractivity contribution in [1.29, 1.82) is 0 Å². The molecule has 1 aromatic rings. The van der Waals surface area contributed by atoms with Gasteiger partial charge < -0.3 is 5.73 Å². The average Bonchev–Trinajstić information content (AvgIpc) is 2.39. The quantitative estimate of drug-likeness (QED) is 0.841. The standard InChI is InChI=1S/C14H22ClN3O2S/c1-9-5-12(15)13(16)6-14(9)21(19,20)18-7-10(2)17(4)11(3)8-18/h5-6,10-11H,7-8,16H2,1-4H3. The summed E-state index contributed by atoms with van der Waals surface area (Å²) in [6.45, 7) is 6.75. The Morgan fingerprint density at radius 3 is 2.29 bits per heavy atom. The van der Waals surface area contributed by atoms with Gasteiger partial charge in [-0.25, -0.2) is 8.42 Å². The minimum absolute atomic E-state index is 0.175. The predicted octanol–water partition coefficient (Wildman–Crippen LogP) is 1.94. The van der Waals surface area contributed by atoms with Gasteiger partial charge in [-0.2, -0.15) is 4.31 Å².